The number of benzene rings is 3. The average molecular weight is 483 g/mol. The Morgan fingerprint density at radius 2 is 1.29 bits per heavy atom. The summed E-state index contributed by atoms with van der Waals surface area (Å²) in [4.78, 5) is 13.1. The minimum Gasteiger partial charge on any atom is -0.352 e. The number of sulfonamides is 1. The highest BCUT2D eigenvalue weighted by Gasteiger charge is 2.26. The van der Waals surface area contributed by atoms with Crippen molar-refractivity contribution in [2.45, 2.75) is 45.6 Å². The van der Waals surface area contributed by atoms with Crippen LogP contribution in [-0.2, 0) is 14.8 Å². The van der Waals surface area contributed by atoms with Gasteiger partial charge in [-0.3, -0.25) is 9.52 Å². The zero-order chi connectivity index (χ0) is 25.0. The Morgan fingerprint density at radius 3 is 1.74 bits per heavy atom. The molecule has 0 aliphatic heterocycles. The summed E-state index contributed by atoms with van der Waals surface area (Å²) in [5, 5.41) is 3.10. The van der Waals surface area contributed by atoms with E-state index >= 15 is 0 Å². The maximum Gasteiger partial charge on any atom is 0.229 e. The van der Waals surface area contributed by atoms with Crippen LogP contribution >= 0.6 is 0 Å². The van der Waals surface area contributed by atoms with E-state index in [1.807, 2.05) is 20.8 Å². The smallest absolute Gasteiger partial charge is 0.229 e. The normalized spacial score (nSPS) is 13.4. The second-order valence-corrected chi connectivity index (χ2v) is 10.7. The maximum absolute atomic E-state index is 14.4. The Hall–Kier alpha value is -3.19. The van der Waals surface area contributed by atoms with Crippen molar-refractivity contribution in [2.24, 2.45) is 0 Å². The van der Waals surface area contributed by atoms with Gasteiger partial charge < -0.3 is 5.32 Å². The average Bonchev–Trinajstić information content (AvgIpc) is 2.76. The van der Waals surface area contributed by atoms with E-state index in [0.717, 1.165) is 28.5 Å². The second-order valence-electron chi connectivity index (χ2n) is 8.93. The zero-order valence-corrected chi connectivity index (χ0v) is 20.9. The van der Waals surface area contributed by atoms with Gasteiger partial charge in [-0.2, -0.15) is 0 Å². The number of aryl methyl sites for hydroxylation is 2. The molecule has 1 amide bonds. The monoisotopic (exact) mass is 482 g/mol. The van der Waals surface area contributed by atoms with Gasteiger partial charge >= 0.3 is 0 Å². The topological polar surface area (TPSA) is 75.3 Å². The van der Waals surface area contributed by atoms with Gasteiger partial charge in [0.2, 0.25) is 15.9 Å². The summed E-state index contributed by atoms with van der Waals surface area (Å²) in [6, 6.07) is 20.4. The van der Waals surface area contributed by atoms with Crippen LogP contribution in [0, 0.1) is 19.7 Å². The largest absolute Gasteiger partial charge is 0.352 e. The Labute approximate surface area is 201 Å². The lowest BCUT2D eigenvalue weighted by Gasteiger charge is -2.27. The molecule has 3 aromatic carbocycles. The molecule has 0 fully saturated rings. The summed E-state index contributed by atoms with van der Waals surface area (Å²) in [6.45, 7) is 7.74. The number of amides is 1. The lowest BCUT2D eigenvalue weighted by atomic mass is 9.84. The third kappa shape index (κ3) is 6.44. The highest BCUT2D eigenvalue weighted by atomic mass is 32.2. The molecule has 2 unspecified atom stereocenters. The first kappa shape index (κ1) is 25.4. The number of carbonyl (C=O) groups is 1. The first-order valence-electron chi connectivity index (χ1n) is 11.2. The van der Waals surface area contributed by atoms with E-state index in [1.165, 1.54) is 12.1 Å². The molecule has 2 N–H and O–H groups in total. The van der Waals surface area contributed by atoms with Crippen LogP contribution in [-0.4, -0.2) is 26.6 Å². The number of hydrogen-bond acceptors (Lipinski definition) is 3. The van der Waals surface area contributed by atoms with Gasteiger partial charge in [0.05, 0.1) is 17.9 Å². The van der Waals surface area contributed by atoms with Crippen molar-refractivity contribution in [1.29, 1.82) is 0 Å². The van der Waals surface area contributed by atoms with Gasteiger partial charge in [-0.25, -0.2) is 12.8 Å². The molecule has 0 saturated carbocycles. The fourth-order valence-electron chi connectivity index (χ4n) is 3.98. The molecular weight excluding hydrogens is 451 g/mol. The number of halogens is 1. The molecule has 0 aliphatic carbocycles. The lowest BCUT2D eigenvalue weighted by molar-refractivity contribution is -0.122. The van der Waals surface area contributed by atoms with E-state index in [1.54, 1.807) is 13.0 Å². The molecule has 34 heavy (non-hydrogen) atoms. The molecule has 7 heteroatoms. The van der Waals surface area contributed by atoms with Crippen LogP contribution in [0.5, 0.6) is 0 Å². The molecule has 0 bridgehead atoms. The minimum absolute atomic E-state index is 0.0598. The molecule has 2 atom stereocenters. The van der Waals surface area contributed by atoms with Crippen LogP contribution in [0.25, 0.3) is 0 Å². The van der Waals surface area contributed by atoms with Gasteiger partial charge in [0, 0.05) is 12.0 Å². The molecule has 0 radical (unpaired) electrons. The first-order chi connectivity index (χ1) is 15.9. The third-order valence-corrected chi connectivity index (χ3v) is 6.52. The zero-order valence-electron chi connectivity index (χ0n) is 20.1. The number of nitrogens with one attached hydrogen (secondary N) is 2. The van der Waals surface area contributed by atoms with Gasteiger partial charge in [0.25, 0.3) is 0 Å². The summed E-state index contributed by atoms with van der Waals surface area (Å²) < 4.78 is 39.4. The van der Waals surface area contributed by atoms with Crippen LogP contribution < -0.4 is 10.0 Å². The van der Waals surface area contributed by atoms with Crippen LogP contribution in [0.3, 0.4) is 0 Å². The highest BCUT2D eigenvalue weighted by Crippen LogP contribution is 2.30. The van der Waals surface area contributed by atoms with Crippen molar-refractivity contribution in [2.75, 3.05) is 11.0 Å². The number of carbonyl (C=O) groups excluding carboxylic acids is 1. The van der Waals surface area contributed by atoms with Gasteiger partial charge in [0.1, 0.15) is 5.82 Å². The van der Waals surface area contributed by atoms with Gasteiger partial charge in [-0.1, -0.05) is 65.7 Å². The number of rotatable bonds is 8. The highest BCUT2D eigenvalue weighted by molar-refractivity contribution is 7.92. The van der Waals surface area contributed by atoms with Crippen molar-refractivity contribution in [3.63, 3.8) is 0 Å². The Kier molecular flexibility index (Phi) is 7.77. The predicted octanol–water partition coefficient (Wildman–Crippen LogP) is 5.25. The molecule has 5 nitrogen and oxygen atoms in total. The van der Waals surface area contributed by atoms with E-state index in [2.05, 4.69) is 58.6 Å². The van der Waals surface area contributed by atoms with E-state index in [4.69, 9.17) is 0 Å². The molecule has 3 rings (SSSR count). The Balaban J connectivity index is 1.82. The summed E-state index contributed by atoms with van der Waals surface area (Å²) in [5.74, 6) is -1.65. The summed E-state index contributed by atoms with van der Waals surface area (Å²) >= 11 is 0. The summed E-state index contributed by atoms with van der Waals surface area (Å²) in [5.41, 5.74) is 4.82. The van der Waals surface area contributed by atoms with Gasteiger partial charge in [-0.15, -0.1) is 0 Å². The summed E-state index contributed by atoms with van der Waals surface area (Å²) in [7, 11) is -3.60. The number of hydrogen-bond donors (Lipinski definition) is 2. The van der Waals surface area contributed by atoms with E-state index in [9.17, 15) is 17.6 Å². The second kappa shape index (κ2) is 10.4. The Bertz CT molecular complexity index is 1210. The first-order valence-corrected chi connectivity index (χ1v) is 13.0. The van der Waals surface area contributed by atoms with Gasteiger partial charge in [-0.05, 0) is 56.5 Å². The van der Waals surface area contributed by atoms with Gasteiger partial charge in [0.15, 0.2) is 0 Å². The van der Waals surface area contributed by atoms with Crippen LogP contribution in [0.1, 0.15) is 53.5 Å². The molecule has 0 saturated heterocycles. The van der Waals surface area contributed by atoms with Crippen molar-refractivity contribution in [3.8, 4) is 0 Å². The quantitative estimate of drug-likeness (QED) is 0.460. The van der Waals surface area contributed by atoms with Crippen molar-refractivity contribution >= 4 is 21.6 Å². The molecule has 3 aromatic rings. The van der Waals surface area contributed by atoms with Crippen molar-refractivity contribution in [1.82, 2.24) is 5.32 Å². The van der Waals surface area contributed by atoms with E-state index in [-0.39, 0.29) is 23.6 Å². The SMILES string of the molecule is Cc1ccc(C(c2ccc(C)cc2)C(C)NC(=O)C(C)c2ccc(NS(C)(=O)=O)c(F)c2)cc1. The number of anilines is 1. The lowest BCUT2D eigenvalue weighted by Crippen LogP contribution is -2.39. The maximum atomic E-state index is 14.4. The fraction of sp³-hybridized carbons (Fsp3) is 0.296. The molecule has 180 valence electrons. The van der Waals surface area contributed by atoms with Crippen LogP contribution in [0.4, 0.5) is 10.1 Å². The third-order valence-electron chi connectivity index (χ3n) is 5.92. The minimum atomic E-state index is -3.60. The van der Waals surface area contributed by atoms with E-state index in [0.29, 0.717) is 5.56 Å². The standard InChI is InChI=1S/C27H31FN2O3S/c1-17-6-10-21(11-7-17)26(22-12-8-18(2)9-13-22)20(4)29-27(31)19(3)23-14-15-25(24(28)16-23)30-34(5,32)33/h6-16,19-20,26,30H,1-5H3,(H,29,31). The van der Waals surface area contributed by atoms with Crippen molar-refractivity contribution in [3.05, 3.63) is 100 Å². The predicted molar refractivity (Wildman–Crippen MR) is 135 cm³/mol. The Morgan fingerprint density at radius 1 is 0.824 bits per heavy atom. The van der Waals surface area contributed by atoms with Crippen LogP contribution in [0.2, 0.25) is 0 Å². The molecule has 0 aliphatic rings. The molecule has 0 spiro atoms. The van der Waals surface area contributed by atoms with Crippen molar-refractivity contribution < 1.29 is 17.6 Å². The molecular formula is C27H31FN2O3S. The van der Waals surface area contributed by atoms with E-state index < -0.39 is 21.8 Å². The fourth-order valence-corrected chi connectivity index (χ4v) is 4.55. The molecule has 0 heterocycles. The van der Waals surface area contributed by atoms with Crippen LogP contribution in [0.15, 0.2) is 66.7 Å². The molecule has 0 aromatic heterocycles. The summed E-state index contributed by atoms with van der Waals surface area (Å²) in [6.07, 6.45) is 0.955.